The van der Waals surface area contributed by atoms with Crippen LogP contribution in [0.3, 0.4) is 0 Å². The van der Waals surface area contributed by atoms with Crippen LogP contribution in [0.4, 0.5) is 0 Å². The van der Waals surface area contributed by atoms with Gasteiger partial charge in [0.15, 0.2) is 0 Å². The van der Waals surface area contributed by atoms with Crippen LogP contribution < -0.4 is 0 Å². The zero-order chi connectivity index (χ0) is 7.84. The second kappa shape index (κ2) is 2.57. The molecule has 11 heavy (non-hydrogen) atoms. The van der Waals surface area contributed by atoms with E-state index in [0.29, 0.717) is 12.3 Å². The Hall–Kier alpha value is -0.410. The molecule has 0 aromatic carbocycles. The molecule has 0 aromatic heterocycles. The molecule has 62 valence electrons. The van der Waals surface area contributed by atoms with Crippen molar-refractivity contribution in [3.05, 3.63) is 0 Å². The molecular formula is C8H13NO2. The summed E-state index contributed by atoms with van der Waals surface area (Å²) in [7, 11) is 0. The van der Waals surface area contributed by atoms with E-state index in [-0.39, 0.29) is 18.6 Å². The highest BCUT2D eigenvalue weighted by molar-refractivity contribution is 5.84. The van der Waals surface area contributed by atoms with E-state index in [1.54, 1.807) is 0 Å². The standard InChI is InChI=1S/C8H13NO2/c10-5-7-3-6-1-2-9(7)4-8(6)11/h6-7,10H,1-5H2. The zero-order valence-corrected chi connectivity index (χ0v) is 6.49. The molecule has 3 atom stereocenters. The number of aliphatic hydroxyl groups is 1. The average Bonchev–Trinajstić information content (AvgIpc) is 2.05. The quantitative estimate of drug-likeness (QED) is 0.562. The Morgan fingerprint density at radius 3 is 2.91 bits per heavy atom. The summed E-state index contributed by atoms with van der Waals surface area (Å²) in [6, 6.07) is 0.270. The maximum absolute atomic E-state index is 11.2. The third-order valence-electron chi connectivity index (χ3n) is 2.86. The fourth-order valence-electron chi connectivity index (χ4n) is 2.12. The average molecular weight is 155 g/mol. The zero-order valence-electron chi connectivity index (χ0n) is 6.49. The molecule has 1 N–H and O–H groups in total. The maximum atomic E-state index is 11.2. The summed E-state index contributed by atoms with van der Waals surface area (Å²) in [5.74, 6) is 0.637. The van der Waals surface area contributed by atoms with E-state index in [4.69, 9.17) is 5.11 Å². The lowest BCUT2D eigenvalue weighted by atomic mass is 9.83. The summed E-state index contributed by atoms with van der Waals surface area (Å²) in [4.78, 5) is 13.3. The van der Waals surface area contributed by atoms with Gasteiger partial charge in [0.25, 0.3) is 0 Å². The van der Waals surface area contributed by atoms with Crippen LogP contribution in [0.1, 0.15) is 12.8 Å². The first-order valence-corrected chi connectivity index (χ1v) is 4.19. The number of nitrogens with zero attached hydrogens (tertiary/aromatic N) is 1. The van der Waals surface area contributed by atoms with Crippen LogP contribution in [0.15, 0.2) is 0 Å². The number of Topliss-reactive ketones (excluding diaryl/α,β-unsaturated/α-hetero) is 1. The summed E-state index contributed by atoms with van der Waals surface area (Å²) in [5, 5.41) is 8.95. The number of ketones is 1. The molecule has 0 radical (unpaired) electrons. The van der Waals surface area contributed by atoms with E-state index in [9.17, 15) is 4.79 Å². The first kappa shape index (κ1) is 7.25. The Morgan fingerprint density at radius 1 is 1.64 bits per heavy atom. The Balaban J connectivity index is 2.10. The van der Waals surface area contributed by atoms with Gasteiger partial charge in [-0.3, -0.25) is 9.69 Å². The van der Waals surface area contributed by atoms with E-state index in [1.165, 1.54) is 0 Å². The molecule has 3 heterocycles. The van der Waals surface area contributed by atoms with Crippen molar-refractivity contribution in [2.45, 2.75) is 18.9 Å². The fraction of sp³-hybridized carbons (Fsp3) is 0.875. The molecule has 3 rings (SSSR count). The normalized spacial score (nSPS) is 43.0. The van der Waals surface area contributed by atoms with Crippen molar-refractivity contribution in [1.29, 1.82) is 0 Å². The van der Waals surface area contributed by atoms with Crippen molar-refractivity contribution in [2.75, 3.05) is 19.7 Å². The second-order valence-electron chi connectivity index (χ2n) is 3.49. The van der Waals surface area contributed by atoms with E-state index < -0.39 is 0 Å². The SMILES string of the molecule is O=C1CN2CCC1CC2CO. The summed E-state index contributed by atoms with van der Waals surface area (Å²) in [5.41, 5.74) is 0. The molecule has 0 aliphatic carbocycles. The third-order valence-corrected chi connectivity index (χ3v) is 2.86. The Morgan fingerprint density at radius 2 is 2.45 bits per heavy atom. The highest BCUT2D eigenvalue weighted by atomic mass is 16.3. The van der Waals surface area contributed by atoms with Crippen molar-refractivity contribution in [3.8, 4) is 0 Å². The van der Waals surface area contributed by atoms with Crippen molar-refractivity contribution in [1.82, 2.24) is 4.90 Å². The number of aliphatic hydroxyl groups excluding tert-OH is 1. The van der Waals surface area contributed by atoms with Crippen LogP contribution in [-0.2, 0) is 4.79 Å². The van der Waals surface area contributed by atoms with Gasteiger partial charge in [0.1, 0.15) is 5.78 Å². The van der Waals surface area contributed by atoms with Crippen LogP contribution >= 0.6 is 0 Å². The Bertz CT molecular complexity index is 181. The maximum Gasteiger partial charge on any atom is 0.150 e. The summed E-state index contributed by atoms with van der Waals surface area (Å²) in [6.45, 7) is 1.79. The first-order chi connectivity index (χ1) is 5.31. The van der Waals surface area contributed by atoms with Gasteiger partial charge in [-0.15, -0.1) is 0 Å². The third kappa shape index (κ3) is 1.08. The second-order valence-corrected chi connectivity index (χ2v) is 3.49. The first-order valence-electron chi connectivity index (χ1n) is 4.19. The molecule has 0 spiro atoms. The molecular weight excluding hydrogens is 142 g/mol. The number of fused-ring (bicyclic) bond motifs is 3. The van der Waals surface area contributed by atoms with Gasteiger partial charge in [0, 0.05) is 12.0 Å². The summed E-state index contributed by atoms with van der Waals surface area (Å²) >= 11 is 0. The number of hydrogen-bond acceptors (Lipinski definition) is 3. The van der Waals surface area contributed by atoms with E-state index in [0.717, 1.165) is 19.4 Å². The van der Waals surface area contributed by atoms with Gasteiger partial charge < -0.3 is 5.11 Å². The van der Waals surface area contributed by atoms with Gasteiger partial charge in [-0.05, 0) is 19.4 Å². The van der Waals surface area contributed by atoms with E-state index in [2.05, 4.69) is 4.90 Å². The molecule has 0 saturated carbocycles. The molecule has 2 bridgehead atoms. The minimum atomic E-state index is 0.212. The molecule has 3 aliphatic rings. The van der Waals surface area contributed by atoms with E-state index in [1.807, 2.05) is 0 Å². The van der Waals surface area contributed by atoms with Crippen LogP contribution in [0.2, 0.25) is 0 Å². The minimum Gasteiger partial charge on any atom is -0.395 e. The number of hydrogen-bond donors (Lipinski definition) is 1. The molecule has 0 amide bonds. The minimum absolute atomic E-state index is 0.212. The lowest BCUT2D eigenvalue weighted by molar-refractivity contribution is -0.134. The summed E-state index contributed by atoms with van der Waals surface area (Å²) in [6.07, 6.45) is 1.89. The molecule has 3 fully saturated rings. The lowest BCUT2D eigenvalue weighted by Crippen LogP contribution is -2.54. The Kier molecular flexibility index (Phi) is 1.69. The Labute approximate surface area is 66.0 Å². The van der Waals surface area contributed by atoms with Crippen molar-refractivity contribution < 1.29 is 9.90 Å². The summed E-state index contributed by atoms with van der Waals surface area (Å²) < 4.78 is 0. The van der Waals surface area contributed by atoms with Gasteiger partial charge in [0.2, 0.25) is 0 Å². The van der Waals surface area contributed by atoms with Crippen molar-refractivity contribution in [2.24, 2.45) is 5.92 Å². The van der Waals surface area contributed by atoms with Gasteiger partial charge in [-0.25, -0.2) is 0 Å². The van der Waals surface area contributed by atoms with Gasteiger partial charge in [0.05, 0.1) is 13.2 Å². The predicted molar refractivity (Wildman–Crippen MR) is 40.2 cm³/mol. The molecule has 3 unspecified atom stereocenters. The smallest absolute Gasteiger partial charge is 0.150 e. The van der Waals surface area contributed by atoms with Crippen molar-refractivity contribution >= 4 is 5.78 Å². The monoisotopic (exact) mass is 155 g/mol. The van der Waals surface area contributed by atoms with Crippen molar-refractivity contribution in [3.63, 3.8) is 0 Å². The van der Waals surface area contributed by atoms with Crippen LogP contribution in [0, 0.1) is 5.92 Å². The lowest BCUT2D eigenvalue weighted by Gasteiger charge is -2.43. The van der Waals surface area contributed by atoms with E-state index >= 15 is 0 Å². The van der Waals surface area contributed by atoms with Crippen LogP contribution in [0.25, 0.3) is 0 Å². The highest BCUT2D eigenvalue weighted by Crippen LogP contribution is 2.28. The number of carbonyl (C=O) groups excluding carboxylic acids is 1. The number of piperidine rings is 3. The molecule has 3 aliphatic heterocycles. The largest absolute Gasteiger partial charge is 0.395 e. The predicted octanol–water partition coefficient (Wildman–Crippen LogP) is -0.358. The van der Waals surface area contributed by atoms with Gasteiger partial charge >= 0.3 is 0 Å². The fourth-order valence-corrected chi connectivity index (χ4v) is 2.12. The number of carbonyl (C=O) groups is 1. The van der Waals surface area contributed by atoms with Gasteiger partial charge in [-0.1, -0.05) is 0 Å². The van der Waals surface area contributed by atoms with Gasteiger partial charge in [-0.2, -0.15) is 0 Å². The molecule has 3 nitrogen and oxygen atoms in total. The van der Waals surface area contributed by atoms with Crippen LogP contribution in [0.5, 0.6) is 0 Å². The topological polar surface area (TPSA) is 40.5 Å². The highest BCUT2D eigenvalue weighted by Gasteiger charge is 2.38. The molecule has 0 aromatic rings. The van der Waals surface area contributed by atoms with Crippen LogP contribution in [-0.4, -0.2) is 41.5 Å². The molecule has 3 saturated heterocycles. The molecule has 3 heteroatoms. The number of rotatable bonds is 1.